The van der Waals surface area contributed by atoms with Gasteiger partial charge in [0.15, 0.2) is 0 Å². The van der Waals surface area contributed by atoms with Gasteiger partial charge in [0, 0.05) is 6.04 Å². The fourth-order valence-electron chi connectivity index (χ4n) is 1.27. The third-order valence-electron chi connectivity index (χ3n) is 2.16. The summed E-state index contributed by atoms with van der Waals surface area (Å²) in [5.74, 6) is 0. The molecule has 1 atom stereocenters. The van der Waals surface area contributed by atoms with E-state index in [0.717, 1.165) is 11.6 Å². The number of hydrogen-bond acceptors (Lipinski definition) is 5. The van der Waals surface area contributed by atoms with Gasteiger partial charge in [-0.1, -0.05) is 32.1 Å². The molecule has 0 saturated carbocycles. The van der Waals surface area contributed by atoms with Crippen molar-refractivity contribution >= 4 is 16.5 Å². The van der Waals surface area contributed by atoms with Crippen LogP contribution in [0.25, 0.3) is 0 Å². The summed E-state index contributed by atoms with van der Waals surface area (Å²) in [5, 5.41) is 12.0. The summed E-state index contributed by atoms with van der Waals surface area (Å²) < 4.78 is 0. The van der Waals surface area contributed by atoms with E-state index in [1.165, 1.54) is 11.3 Å². The predicted molar refractivity (Wildman–Crippen MR) is 60.4 cm³/mol. The monoisotopic (exact) mass is 214 g/mol. The predicted octanol–water partition coefficient (Wildman–Crippen LogP) is 1.71. The van der Waals surface area contributed by atoms with Crippen LogP contribution in [0, 0.1) is 5.41 Å². The van der Waals surface area contributed by atoms with E-state index in [-0.39, 0.29) is 5.41 Å². The van der Waals surface area contributed by atoms with Crippen molar-refractivity contribution in [2.45, 2.75) is 33.2 Å². The Labute approximate surface area is 88.9 Å². The van der Waals surface area contributed by atoms with Crippen LogP contribution in [0.4, 0.5) is 5.13 Å². The van der Waals surface area contributed by atoms with Gasteiger partial charge in [0.2, 0.25) is 5.13 Å². The van der Waals surface area contributed by atoms with Gasteiger partial charge in [-0.3, -0.25) is 0 Å². The Morgan fingerprint density at radius 1 is 1.57 bits per heavy atom. The highest BCUT2D eigenvalue weighted by atomic mass is 32.1. The number of aromatic nitrogens is 2. The van der Waals surface area contributed by atoms with Crippen LogP contribution in [-0.4, -0.2) is 22.8 Å². The van der Waals surface area contributed by atoms with Crippen molar-refractivity contribution < 1.29 is 0 Å². The van der Waals surface area contributed by atoms with Gasteiger partial charge in [-0.05, 0) is 18.4 Å². The maximum Gasteiger partial charge on any atom is 0.205 e. The number of nitrogens with one attached hydrogen (secondary N) is 1. The Kier molecular flexibility index (Phi) is 3.83. The molecule has 1 unspecified atom stereocenters. The fourth-order valence-corrected chi connectivity index (χ4v) is 1.77. The second-order valence-electron chi connectivity index (χ2n) is 4.38. The van der Waals surface area contributed by atoms with Crippen LogP contribution in [-0.2, 0) is 0 Å². The van der Waals surface area contributed by atoms with Crippen molar-refractivity contribution in [1.82, 2.24) is 10.2 Å². The molecule has 14 heavy (non-hydrogen) atoms. The second-order valence-corrected chi connectivity index (χ2v) is 5.22. The van der Waals surface area contributed by atoms with Gasteiger partial charge in [-0.25, -0.2) is 0 Å². The fraction of sp³-hybridized carbons (Fsp3) is 0.778. The van der Waals surface area contributed by atoms with Gasteiger partial charge in [0.1, 0.15) is 5.51 Å². The summed E-state index contributed by atoms with van der Waals surface area (Å²) in [6.07, 6.45) is 0.948. The van der Waals surface area contributed by atoms with Crippen molar-refractivity contribution in [3.8, 4) is 0 Å². The molecule has 1 aromatic rings. The van der Waals surface area contributed by atoms with Crippen LogP contribution in [0.5, 0.6) is 0 Å². The quantitative estimate of drug-likeness (QED) is 0.801. The minimum Gasteiger partial charge on any atom is -0.357 e. The standard InChI is InChI=1S/C9H18N4S/c1-9(2,3)7(4-5-10)12-8-13-11-6-14-8/h6-7H,4-5,10H2,1-3H3,(H,12,13). The lowest BCUT2D eigenvalue weighted by atomic mass is 9.85. The minimum absolute atomic E-state index is 0.186. The van der Waals surface area contributed by atoms with E-state index < -0.39 is 0 Å². The zero-order valence-corrected chi connectivity index (χ0v) is 9.77. The molecule has 1 aromatic heterocycles. The SMILES string of the molecule is CC(C)(C)C(CCN)Nc1nncs1. The van der Waals surface area contributed by atoms with Crippen molar-refractivity contribution in [3.05, 3.63) is 5.51 Å². The Balaban J connectivity index is 2.60. The van der Waals surface area contributed by atoms with Crippen LogP contribution in [0.15, 0.2) is 5.51 Å². The molecule has 3 N–H and O–H groups in total. The van der Waals surface area contributed by atoms with Crippen LogP contribution < -0.4 is 11.1 Å². The molecular formula is C9H18N4S. The molecule has 0 radical (unpaired) electrons. The highest BCUT2D eigenvalue weighted by Gasteiger charge is 2.24. The van der Waals surface area contributed by atoms with Crippen molar-refractivity contribution in [2.24, 2.45) is 11.1 Å². The Morgan fingerprint density at radius 3 is 2.71 bits per heavy atom. The van der Waals surface area contributed by atoms with E-state index >= 15 is 0 Å². The van der Waals surface area contributed by atoms with Gasteiger partial charge in [0.25, 0.3) is 0 Å². The molecule has 0 aliphatic rings. The number of nitrogens with two attached hydrogens (primary N) is 1. The topological polar surface area (TPSA) is 63.8 Å². The van der Waals surface area contributed by atoms with Crippen LogP contribution in [0.1, 0.15) is 27.2 Å². The summed E-state index contributed by atoms with van der Waals surface area (Å²) in [6.45, 7) is 7.28. The zero-order valence-electron chi connectivity index (χ0n) is 8.95. The van der Waals surface area contributed by atoms with Crippen molar-refractivity contribution in [2.75, 3.05) is 11.9 Å². The van der Waals surface area contributed by atoms with E-state index in [1.807, 2.05) is 0 Å². The highest BCUT2D eigenvalue weighted by Crippen LogP contribution is 2.25. The summed E-state index contributed by atoms with van der Waals surface area (Å²) >= 11 is 1.52. The number of hydrogen-bond donors (Lipinski definition) is 2. The van der Waals surface area contributed by atoms with Crippen molar-refractivity contribution in [1.29, 1.82) is 0 Å². The lowest BCUT2D eigenvalue weighted by molar-refractivity contribution is 0.328. The maximum absolute atomic E-state index is 5.58. The molecule has 4 nitrogen and oxygen atoms in total. The van der Waals surface area contributed by atoms with E-state index in [4.69, 9.17) is 5.73 Å². The summed E-state index contributed by atoms with van der Waals surface area (Å²) in [5.41, 5.74) is 7.49. The normalized spacial score (nSPS) is 14.0. The lowest BCUT2D eigenvalue weighted by Gasteiger charge is -2.30. The highest BCUT2D eigenvalue weighted by molar-refractivity contribution is 7.13. The first-order chi connectivity index (χ1) is 6.54. The van der Waals surface area contributed by atoms with Gasteiger partial charge in [-0.2, -0.15) is 0 Å². The average Bonchev–Trinajstić information content (AvgIpc) is 2.54. The van der Waals surface area contributed by atoms with Gasteiger partial charge in [-0.15, -0.1) is 10.2 Å². The molecule has 80 valence electrons. The third kappa shape index (κ3) is 3.23. The zero-order chi connectivity index (χ0) is 10.6. The van der Waals surface area contributed by atoms with Crippen LogP contribution in [0.2, 0.25) is 0 Å². The second kappa shape index (κ2) is 4.70. The summed E-state index contributed by atoms with van der Waals surface area (Å²) in [7, 11) is 0. The molecule has 0 fully saturated rings. The molecule has 0 saturated heterocycles. The number of anilines is 1. The van der Waals surface area contributed by atoms with Gasteiger partial charge < -0.3 is 11.1 Å². The Bertz CT molecular complexity index is 252. The first-order valence-electron chi connectivity index (χ1n) is 4.77. The Morgan fingerprint density at radius 2 is 2.29 bits per heavy atom. The number of nitrogens with zero attached hydrogens (tertiary/aromatic N) is 2. The van der Waals surface area contributed by atoms with E-state index in [9.17, 15) is 0 Å². The molecule has 0 bridgehead atoms. The van der Waals surface area contributed by atoms with Gasteiger partial charge >= 0.3 is 0 Å². The van der Waals surface area contributed by atoms with E-state index in [2.05, 4.69) is 36.3 Å². The maximum atomic E-state index is 5.58. The van der Waals surface area contributed by atoms with Crippen LogP contribution >= 0.6 is 11.3 Å². The smallest absolute Gasteiger partial charge is 0.205 e. The number of rotatable bonds is 4. The molecule has 0 spiro atoms. The summed E-state index contributed by atoms with van der Waals surface area (Å²) in [4.78, 5) is 0. The van der Waals surface area contributed by atoms with E-state index in [0.29, 0.717) is 12.6 Å². The summed E-state index contributed by atoms with van der Waals surface area (Å²) in [6, 6.07) is 0.348. The van der Waals surface area contributed by atoms with Crippen LogP contribution in [0.3, 0.4) is 0 Å². The van der Waals surface area contributed by atoms with Crippen molar-refractivity contribution in [3.63, 3.8) is 0 Å². The first kappa shape index (κ1) is 11.4. The lowest BCUT2D eigenvalue weighted by Crippen LogP contribution is -2.35. The molecule has 0 aliphatic heterocycles. The van der Waals surface area contributed by atoms with E-state index in [1.54, 1.807) is 5.51 Å². The molecule has 0 aromatic carbocycles. The average molecular weight is 214 g/mol. The molecule has 1 heterocycles. The molecule has 0 aliphatic carbocycles. The van der Waals surface area contributed by atoms with Gasteiger partial charge in [0.05, 0.1) is 0 Å². The third-order valence-corrected chi connectivity index (χ3v) is 2.78. The minimum atomic E-state index is 0.186. The first-order valence-corrected chi connectivity index (χ1v) is 5.65. The Hall–Kier alpha value is -0.680. The largest absolute Gasteiger partial charge is 0.357 e. The molecular weight excluding hydrogens is 196 g/mol. The molecule has 0 amide bonds. The molecule has 1 rings (SSSR count). The molecule has 5 heteroatoms.